The zero-order chi connectivity index (χ0) is 15.3. The third-order valence-corrected chi connectivity index (χ3v) is 5.48. The first-order valence-corrected chi connectivity index (χ1v) is 9.07. The Kier molecular flexibility index (Phi) is 5.82. The van der Waals surface area contributed by atoms with Crippen LogP contribution in [0.4, 0.5) is 0 Å². The van der Waals surface area contributed by atoms with E-state index >= 15 is 0 Å². The Morgan fingerprint density at radius 3 is 3.09 bits per heavy atom. The van der Waals surface area contributed by atoms with Crippen LogP contribution < -0.4 is 0 Å². The van der Waals surface area contributed by atoms with Gasteiger partial charge in [-0.15, -0.1) is 11.3 Å². The van der Waals surface area contributed by atoms with E-state index in [0.717, 1.165) is 52.5 Å². The molecular weight excluding hydrogens is 298 g/mol. The van der Waals surface area contributed by atoms with Gasteiger partial charge in [0.1, 0.15) is 5.01 Å². The van der Waals surface area contributed by atoms with Gasteiger partial charge < -0.3 is 9.47 Å². The van der Waals surface area contributed by atoms with E-state index in [0.29, 0.717) is 0 Å². The summed E-state index contributed by atoms with van der Waals surface area (Å²) in [4.78, 5) is 9.51. The number of rotatable bonds is 5. The van der Waals surface area contributed by atoms with Gasteiger partial charge in [0.25, 0.3) is 0 Å². The van der Waals surface area contributed by atoms with Crippen LogP contribution in [0.2, 0.25) is 0 Å². The Bertz CT molecular complexity index is 443. The Morgan fingerprint density at radius 2 is 2.27 bits per heavy atom. The predicted molar refractivity (Wildman–Crippen MR) is 88.2 cm³/mol. The zero-order valence-corrected chi connectivity index (χ0v) is 14.3. The number of thiazole rings is 1. The van der Waals surface area contributed by atoms with Gasteiger partial charge in [-0.05, 0) is 19.4 Å². The first-order chi connectivity index (χ1) is 10.8. The van der Waals surface area contributed by atoms with E-state index in [-0.39, 0.29) is 5.41 Å². The maximum Gasteiger partial charge on any atom is 0.107 e. The highest BCUT2D eigenvalue weighted by Gasteiger charge is 2.38. The van der Waals surface area contributed by atoms with Crippen LogP contribution in [-0.2, 0) is 16.0 Å². The molecule has 0 saturated carbocycles. The molecule has 1 spiro atoms. The van der Waals surface area contributed by atoms with Gasteiger partial charge in [0.05, 0.1) is 26.4 Å². The van der Waals surface area contributed by atoms with Crippen molar-refractivity contribution in [2.45, 2.75) is 19.4 Å². The molecular formula is C16H27N3O2S. The fourth-order valence-electron chi connectivity index (χ4n) is 3.71. The minimum atomic E-state index is 0.278. The van der Waals surface area contributed by atoms with E-state index in [2.05, 4.69) is 20.2 Å². The molecule has 0 unspecified atom stereocenters. The Balaban J connectivity index is 1.62. The molecule has 0 N–H and O–H groups in total. The fraction of sp³-hybridized carbons (Fsp3) is 0.812. The molecule has 1 aromatic rings. The SMILES string of the molecule is COCCN1CCOC[C@@]2(CCCN(Cc3nccs3)C2)C1. The molecule has 2 fully saturated rings. The largest absolute Gasteiger partial charge is 0.383 e. The summed E-state index contributed by atoms with van der Waals surface area (Å²) in [5, 5.41) is 3.29. The number of methoxy groups -OCH3 is 1. The average Bonchev–Trinajstić information content (AvgIpc) is 2.94. The number of ether oxygens (including phenoxy) is 2. The van der Waals surface area contributed by atoms with Gasteiger partial charge >= 0.3 is 0 Å². The topological polar surface area (TPSA) is 37.8 Å². The molecule has 2 aliphatic rings. The summed E-state index contributed by atoms with van der Waals surface area (Å²) in [7, 11) is 1.78. The van der Waals surface area contributed by atoms with Crippen molar-refractivity contribution < 1.29 is 9.47 Å². The summed E-state index contributed by atoms with van der Waals surface area (Å²) in [5.41, 5.74) is 0.278. The second kappa shape index (κ2) is 7.84. The molecule has 124 valence electrons. The van der Waals surface area contributed by atoms with Crippen molar-refractivity contribution in [3.8, 4) is 0 Å². The maximum absolute atomic E-state index is 5.96. The van der Waals surface area contributed by atoms with Gasteiger partial charge in [0, 0.05) is 50.3 Å². The molecule has 0 amide bonds. The van der Waals surface area contributed by atoms with Crippen molar-refractivity contribution in [2.24, 2.45) is 5.41 Å². The van der Waals surface area contributed by atoms with E-state index in [9.17, 15) is 0 Å². The second-order valence-corrected chi connectivity index (χ2v) is 7.54. The number of aromatic nitrogens is 1. The highest BCUT2D eigenvalue weighted by molar-refractivity contribution is 7.09. The Hall–Kier alpha value is -0.530. The highest BCUT2D eigenvalue weighted by atomic mass is 32.1. The Labute approximate surface area is 137 Å². The van der Waals surface area contributed by atoms with Gasteiger partial charge in [0.2, 0.25) is 0 Å². The summed E-state index contributed by atoms with van der Waals surface area (Å²) < 4.78 is 11.2. The van der Waals surface area contributed by atoms with Crippen LogP contribution in [0.5, 0.6) is 0 Å². The molecule has 1 aromatic heterocycles. The number of hydrogen-bond acceptors (Lipinski definition) is 6. The normalized spacial score (nSPS) is 28.0. The lowest BCUT2D eigenvalue weighted by Gasteiger charge is -2.43. The number of hydrogen-bond donors (Lipinski definition) is 0. The minimum absolute atomic E-state index is 0.278. The predicted octanol–water partition coefficient (Wildman–Crippen LogP) is 1.70. The molecule has 22 heavy (non-hydrogen) atoms. The summed E-state index contributed by atoms with van der Waals surface area (Å²) >= 11 is 1.76. The van der Waals surface area contributed by atoms with Crippen molar-refractivity contribution >= 4 is 11.3 Å². The van der Waals surface area contributed by atoms with E-state index in [1.807, 2.05) is 6.20 Å². The van der Waals surface area contributed by atoms with Crippen molar-refractivity contribution in [2.75, 3.05) is 59.7 Å². The lowest BCUT2D eigenvalue weighted by Crippen LogP contribution is -2.50. The number of piperidine rings is 1. The molecule has 2 aliphatic heterocycles. The van der Waals surface area contributed by atoms with Gasteiger partial charge in [0.15, 0.2) is 0 Å². The molecule has 3 heterocycles. The lowest BCUT2D eigenvalue weighted by molar-refractivity contribution is 0.00162. The molecule has 0 radical (unpaired) electrons. The standard InChI is InChI=1S/C16H27N3O2S/c1-20-8-6-18-7-9-21-14-16(12-18)3-2-5-19(13-16)11-15-17-4-10-22-15/h4,10H,2-3,5-9,11-14H2,1H3/t16-/m0/s1. The smallest absolute Gasteiger partial charge is 0.107 e. The second-order valence-electron chi connectivity index (χ2n) is 6.56. The fourth-order valence-corrected chi connectivity index (χ4v) is 4.36. The van der Waals surface area contributed by atoms with E-state index in [1.54, 1.807) is 18.4 Å². The third-order valence-electron chi connectivity index (χ3n) is 4.71. The zero-order valence-electron chi connectivity index (χ0n) is 13.5. The summed E-state index contributed by atoms with van der Waals surface area (Å²) in [6.07, 6.45) is 4.43. The van der Waals surface area contributed by atoms with Gasteiger partial charge in [-0.25, -0.2) is 4.98 Å². The maximum atomic E-state index is 5.96. The van der Waals surface area contributed by atoms with E-state index in [1.165, 1.54) is 24.4 Å². The lowest BCUT2D eigenvalue weighted by atomic mass is 9.80. The van der Waals surface area contributed by atoms with Crippen LogP contribution in [-0.4, -0.2) is 74.4 Å². The molecule has 1 atom stereocenters. The summed E-state index contributed by atoms with van der Waals surface area (Å²) in [6, 6.07) is 0. The van der Waals surface area contributed by atoms with Gasteiger partial charge in [-0.1, -0.05) is 0 Å². The summed E-state index contributed by atoms with van der Waals surface area (Å²) in [5.74, 6) is 0. The van der Waals surface area contributed by atoms with Gasteiger partial charge in [-0.2, -0.15) is 0 Å². The molecule has 0 bridgehead atoms. The van der Waals surface area contributed by atoms with Crippen LogP contribution in [0.25, 0.3) is 0 Å². The van der Waals surface area contributed by atoms with Crippen molar-refractivity contribution in [1.29, 1.82) is 0 Å². The van der Waals surface area contributed by atoms with Crippen molar-refractivity contribution in [1.82, 2.24) is 14.8 Å². The highest BCUT2D eigenvalue weighted by Crippen LogP contribution is 2.33. The molecule has 0 aromatic carbocycles. The third kappa shape index (κ3) is 4.26. The minimum Gasteiger partial charge on any atom is -0.383 e. The van der Waals surface area contributed by atoms with Crippen molar-refractivity contribution in [3.63, 3.8) is 0 Å². The van der Waals surface area contributed by atoms with Crippen LogP contribution in [0.3, 0.4) is 0 Å². The average molecular weight is 325 g/mol. The van der Waals surface area contributed by atoms with Gasteiger partial charge in [-0.3, -0.25) is 9.80 Å². The first kappa shape index (κ1) is 16.3. The van der Waals surface area contributed by atoms with E-state index < -0.39 is 0 Å². The van der Waals surface area contributed by atoms with Crippen LogP contribution in [0.1, 0.15) is 17.8 Å². The Morgan fingerprint density at radius 1 is 1.36 bits per heavy atom. The monoisotopic (exact) mass is 325 g/mol. The van der Waals surface area contributed by atoms with Crippen LogP contribution in [0, 0.1) is 5.41 Å². The van der Waals surface area contributed by atoms with Crippen LogP contribution in [0.15, 0.2) is 11.6 Å². The summed E-state index contributed by atoms with van der Waals surface area (Å²) in [6.45, 7) is 8.99. The quantitative estimate of drug-likeness (QED) is 0.824. The molecule has 2 saturated heterocycles. The number of nitrogens with zero attached hydrogens (tertiary/aromatic N) is 3. The molecule has 0 aliphatic carbocycles. The van der Waals surface area contributed by atoms with Crippen LogP contribution >= 0.6 is 11.3 Å². The molecule has 3 rings (SSSR count). The molecule has 6 heteroatoms. The first-order valence-electron chi connectivity index (χ1n) is 8.19. The number of likely N-dealkylation sites (tertiary alicyclic amines) is 1. The van der Waals surface area contributed by atoms with Crippen molar-refractivity contribution in [3.05, 3.63) is 16.6 Å². The van der Waals surface area contributed by atoms with E-state index in [4.69, 9.17) is 9.47 Å². The molecule has 5 nitrogen and oxygen atoms in total.